The van der Waals surface area contributed by atoms with Gasteiger partial charge in [0.2, 0.25) is 0 Å². The van der Waals surface area contributed by atoms with Crippen LogP contribution in [0.25, 0.3) is 10.9 Å². The molecule has 1 fully saturated rings. The Kier molecular flexibility index (Phi) is 3.62. The lowest BCUT2D eigenvalue weighted by Crippen LogP contribution is -2.13. The summed E-state index contributed by atoms with van der Waals surface area (Å²) >= 11 is 6.46. The number of hydrogen-bond donors (Lipinski definition) is 4. The summed E-state index contributed by atoms with van der Waals surface area (Å²) in [5, 5.41) is 18.1. The van der Waals surface area contributed by atoms with Crippen LogP contribution in [0.4, 0.5) is 5.82 Å². The molecule has 1 aliphatic rings. The number of nitrogens with zero attached hydrogens (tertiary/aromatic N) is 2. The van der Waals surface area contributed by atoms with Crippen molar-refractivity contribution in [3.63, 3.8) is 0 Å². The average molecular weight is 355 g/mol. The monoisotopic (exact) mass is 354 g/mol. The maximum absolute atomic E-state index is 11.7. The van der Waals surface area contributed by atoms with E-state index in [1.807, 2.05) is 6.07 Å². The van der Waals surface area contributed by atoms with Crippen molar-refractivity contribution in [1.29, 1.82) is 0 Å². The van der Waals surface area contributed by atoms with E-state index in [1.54, 1.807) is 13.2 Å². The van der Waals surface area contributed by atoms with E-state index in [4.69, 9.17) is 17.3 Å². The minimum absolute atomic E-state index is 0.226. The number of carbonyl (C=O) groups excluding carboxylic acids is 1. The zero-order valence-electron chi connectivity index (χ0n) is 13.4. The summed E-state index contributed by atoms with van der Waals surface area (Å²) in [4.78, 5) is 11.7. The summed E-state index contributed by atoms with van der Waals surface area (Å²) in [6, 6.07) is 1.95. The number of fused-ring (bicyclic) bond motifs is 1. The van der Waals surface area contributed by atoms with E-state index in [1.165, 1.54) is 18.4 Å². The summed E-state index contributed by atoms with van der Waals surface area (Å²) in [5.74, 6) is 6.24. The molecule has 0 bridgehead atoms. The summed E-state index contributed by atoms with van der Waals surface area (Å²) in [5.41, 5.74) is 8.79. The molecule has 126 valence electrons. The SMILES string of the molecule is CNc1n[nH]c(C#Cc2c(Cl)cc(C3CC3)c3[nH]ncc23)c1C(N)=O. The number of anilines is 1. The zero-order valence-corrected chi connectivity index (χ0v) is 14.2. The quantitative estimate of drug-likeness (QED) is 0.541. The second-order valence-corrected chi connectivity index (χ2v) is 6.35. The first-order valence-corrected chi connectivity index (χ1v) is 8.21. The Labute approximate surface area is 148 Å². The highest BCUT2D eigenvalue weighted by Gasteiger charge is 2.27. The summed E-state index contributed by atoms with van der Waals surface area (Å²) < 4.78 is 0. The van der Waals surface area contributed by atoms with Gasteiger partial charge >= 0.3 is 0 Å². The van der Waals surface area contributed by atoms with Gasteiger partial charge in [-0.2, -0.15) is 10.2 Å². The zero-order chi connectivity index (χ0) is 17.6. The standard InChI is InChI=1S/C17H15ClN6O/c1-20-17-14(16(19)25)13(22-24-17)5-4-9-11-7-21-23-15(11)10(6-12(9)18)8-2-3-8/h6-8H,2-3H2,1H3,(H2,19,25)(H,21,23)(H2,20,22,24). The lowest BCUT2D eigenvalue weighted by atomic mass is 10.0. The molecule has 0 unspecified atom stereocenters. The fourth-order valence-electron chi connectivity index (χ4n) is 2.93. The number of halogens is 1. The van der Waals surface area contributed by atoms with Gasteiger partial charge in [-0.3, -0.25) is 15.0 Å². The maximum atomic E-state index is 11.7. The Hall–Kier alpha value is -2.98. The van der Waals surface area contributed by atoms with Crippen molar-refractivity contribution < 1.29 is 4.79 Å². The van der Waals surface area contributed by atoms with Crippen LogP contribution in [0.2, 0.25) is 5.02 Å². The first-order chi connectivity index (χ1) is 12.1. The maximum Gasteiger partial charge on any atom is 0.255 e. The van der Waals surface area contributed by atoms with Gasteiger partial charge in [-0.05, 0) is 36.3 Å². The van der Waals surface area contributed by atoms with Crippen molar-refractivity contribution in [3.05, 3.63) is 39.7 Å². The molecule has 25 heavy (non-hydrogen) atoms. The molecule has 7 nitrogen and oxygen atoms in total. The van der Waals surface area contributed by atoms with E-state index in [0.29, 0.717) is 28.0 Å². The molecular weight excluding hydrogens is 340 g/mol. The number of aromatic amines is 2. The molecule has 0 radical (unpaired) electrons. The van der Waals surface area contributed by atoms with Gasteiger partial charge in [-0.1, -0.05) is 17.5 Å². The molecule has 0 saturated heterocycles. The van der Waals surface area contributed by atoms with Crippen LogP contribution in [0, 0.1) is 11.8 Å². The molecule has 1 saturated carbocycles. The Morgan fingerprint density at radius 2 is 2.20 bits per heavy atom. The number of rotatable bonds is 3. The number of aromatic nitrogens is 4. The van der Waals surface area contributed by atoms with Crippen molar-refractivity contribution >= 4 is 34.2 Å². The highest BCUT2D eigenvalue weighted by Crippen LogP contribution is 2.44. The van der Waals surface area contributed by atoms with Crippen molar-refractivity contribution in [3.8, 4) is 11.8 Å². The molecule has 1 aliphatic carbocycles. The smallest absolute Gasteiger partial charge is 0.255 e. The van der Waals surface area contributed by atoms with Crippen LogP contribution in [0.5, 0.6) is 0 Å². The molecule has 1 aromatic carbocycles. The van der Waals surface area contributed by atoms with E-state index in [9.17, 15) is 4.79 Å². The molecule has 3 aromatic rings. The number of primary amides is 1. The van der Waals surface area contributed by atoms with E-state index >= 15 is 0 Å². The highest BCUT2D eigenvalue weighted by atomic mass is 35.5. The van der Waals surface area contributed by atoms with Crippen molar-refractivity contribution in [1.82, 2.24) is 20.4 Å². The van der Waals surface area contributed by atoms with Gasteiger partial charge in [0.25, 0.3) is 5.91 Å². The van der Waals surface area contributed by atoms with Gasteiger partial charge in [-0.25, -0.2) is 0 Å². The molecule has 4 rings (SSSR count). The lowest BCUT2D eigenvalue weighted by Gasteiger charge is -2.05. The summed E-state index contributed by atoms with van der Waals surface area (Å²) in [6.07, 6.45) is 4.05. The fourth-order valence-corrected chi connectivity index (χ4v) is 3.19. The van der Waals surface area contributed by atoms with Crippen molar-refractivity contribution in [2.45, 2.75) is 18.8 Å². The molecule has 0 atom stereocenters. The van der Waals surface area contributed by atoms with E-state index < -0.39 is 5.91 Å². The number of nitrogens with two attached hydrogens (primary N) is 1. The van der Waals surface area contributed by atoms with Crippen LogP contribution in [0.1, 0.15) is 45.9 Å². The second kappa shape index (κ2) is 5.83. The number of hydrogen-bond acceptors (Lipinski definition) is 4. The molecule has 1 amide bonds. The molecule has 5 N–H and O–H groups in total. The lowest BCUT2D eigenvalue weighted by molar-refractivity contribution is 0.100. The minimum atomic E-state index is -0.606. The third-order valence-corrected chi connectivity index (χ3v) is 4.60. The molecule has 0 aliphatic heterocycles. The number of H-pyrrole nitrogens is 2. The number of nitrogens with one attached hydrogen (secondary N) is 3. The van der Waals surface area contributed by atoms with Crippen LogP contribution >= 0.6 is 11.6 Å². The van der Waals surface area contributed by atoms with E-state index in [0.717, 1.165) is 10.9 Å². The topological polar surface area (TPSA) is 112 Å². The van der Waals surface area contributed by atoms with Crippen LogP contribution in [-0.2, 0) is 0 Å². The Morgan fingerprint density at radius 3 is 2.88 bits per heavy atom. The number of amides is 1. The van der Waals surface area contributed by atoms with Crippen LogP contribution in [0.15, 0.2) is 12.3 Å². The molecule has 0 spiro atoms. The largest absolute Gasteiger partial charge is 0.371 e. The van der Waals surface area contributed by atoms with Crippen LogP contribution in [0.3, 0.4) is 0 Å². The normalized spacial score (nSPS) is 13.5. The third kappa shape index (κ3) is 2.61. The van der Waals surface area contributed by atoms with E-state index in [2.05, 4.69) is 37.6 Å². The summed E-state index contributed by atoms with van der Waals surface area (Å²) in [6.45, 7) is 0. The predicted molar refractivity (Wildman–Crippen MR) is 95.7 cm³/mol. The Morgan fingerprint density at radius 1 is 1.40 bits per heavy atom. The summed E-state index contributed by atoms with van der Waals surface area (Å²) in [7, 11) is 1.66. The fraction of sp³-hybridized carbons (Fsp3) is 0.235. The van der Waals surface area contributed by atoms with Crippen LogP contribution in [-0.4, -0.2) is 33.3 Å². The molecule has 2 aromatic heterocycles. The highest BCUT2D eigenvalue weighted by molar-refractivity contribution is 6.33. The third-order valence-electron chi connectivity index (χ3n) is 4.30. The predicted octanol–water partition coefficient (Wildman–Crippen LogP) is 2.36. The van der Waals surface area contributed by atoms with E-state index in [-0.39, 0.29) is 5.56 Å². The molecular formula is C17H15ClN6O. The first kappa shape index (κ1) is 15.5. The Bertz CT molecular complexity index is 1050. The van der Waals surface area contributed by atoms with Gasteiger partial charge in [0.15, 0.2) is 5.82 Å². The second-order valence-electron chi connectivity index (χ2n) is 5.94. The number of benzene rings is 1. The van der Waals surface area contributed by atoms with Crippen molar-refractivity contribution in [2.24, 2.45) is 5.73 Å². The minimum Gasteiger partial charge on any atom is -0.371 e. The molecule has 8 heteroatoms. The Balaban J connectivity index is 1.84. The van der Waals surface area contributed by atoms with Gasteiger partial charge < -0.3 is 11.1 Å². The van der Waals surface area contributed by atoms with Crippen molar-refractivity contribution in [2.75, 3.05) is 12.4 Å². The van der Waals surface area contributed by atoms with Crippen LogP contribution < -0.4 is 11.1 Å². The first-order valence-electron chi connectivity index (χ1n) is 7.83. The average Bonchev–Trinajstić information content (AvgIpc) is 3.16. The number of carbonyl (C=O) groups is 1. The van der Waals surface area contributed by atoms with Gasteiger partial charge in [-0.15, -0.1) is 0 Å². The van der Waals surface area contributed by atoms with Gasteiger partial charge in [0.05, 0.1) is 22.3 Å². The van der Waals surface area contributed by atoms with Gasteiger partial charge in [0.1, 0.15) is 11.3 Å². The van der Waals surface area contributed by atoms with Gasteiger partial charge in [0, 0.05) is 12.4 Å². The molecule has 2 heterocycles.